The summed E-state index contributed by atoms with van der Waals surface area (Å²) in [5.41, 5.74) is -0.908. The summed E-state index contributed by atoms with van der Waals surface area (Å²) in [6, 6.07) is 0. The van der Waals surface area contributed by atoms with E-state index in [1.165, 1.54) is 0 Å². The second-order valence-electron chi connectivity index (χ2n) is 6.42. The van der Waals surface area contributed by atoms with Crippen molar-refractivity contribution in [1.82, 2.24) is 0 Å². The van der Waals surface area contributed by atoms with E-state index in [9.17, 15) is 13.5 Å². The molecule has 0 aromatic carbocycles. The first-order chi connectivity index (χ1) is 9.48. The summed E-state index contributed by atoms with van der Waals surface area (Å²) in [6.07, 6.45) is 8.46. The Morgan fingerprint density at radius 3 is 2.65 bits per heavy atom. The van der Waals surface area contributed by atoms with Gasteiger partial charge in [0.25, 0.3) is 10.1 Å². The summed E-state index contributed by atoms with van der Waals surface area (Å²) in [7, 11) is -3.50. The lowest BCUT2D eigenvalue weighted by atomic mass is 9.66. The maximum Gasteiger partial charge on any atom is 0.267 e. The molecule has 0 aliphatic heterocycles. The Labute approximate surface area is 123 Å². The maximum atomic E-state index is 12.1. The van der Waals surface area contributed by atoms with Gasteiger partial charge in [-0.3, -0.25) is 4.18 Å². The van der Waals surface area contributed by atoms with Crippen LogP contribution in [0.4, 0.5) is 0 Å². The highest BCUT2D eigenvalue weighted by atomic mass is 32.2. The van der Waals surface area contributed by atoms with Crippen molar-refractivity contribution in [3.63, 3.8) is 0 Å². The van der Waals surface area contributed by atoms with Crippen molar-refractivity contribution >= 4 is 10.1 Å². The zero-order valence-corrected chi connectivity index (χ0v) is 13.3. The molecule has 4 nitrogen and oxygen atoms in total. The van der Waals surface area contributed by atoms with Crippen molar-refractivity contribution in [1.29, 1.82) is 0 Å². The minimum atomic E-state index is -3.50. The smallest absolute Gasteiger partial charge is 0.267 e. The van der Waals surface area contributed by atoms with Gasteiger partial charge in [0, 0.05) is 0 Å². The molecular formula is C15H28O4S. The van der Waals surface area contributed by atoms with Crippen LogP contribution in [-0.2, 0) is 14.3 Å². The van der Waals surface area contributed by atoms with Gasteiger partial charge >= 0.3 is 0 Å². The molecule has 0 saturated heterocycles. The van der Waals surface area contributed by atoms with Crippen molar-refractivity contribution in [2.24, 2.45) is 5.92 Å². The third-order valence-corrected chi connectivity index (χ3v) is 6.24. The van der Waals surface area contributed by atoms with E-state index >= 15 is 0 Å². The summed E-state index contributed by atoms with van der Waals surface area (Å²) in [6.45, 7) is 2.05. The monoisotopic (exact) mass is 304 g/mol. The van der Waals surface area contributed by atoms with E-state index in [0.717, 1.165) is 44.9 Å². The van der Waals surface area contributed by atoms with Crippen LogP contribution >= 0.6 is 0 Å². The Hall–Kier alpha value is -0.130. The lowest BCUT2D eigenvalue weighted by Gasteiger charge is -2.47. The molecular weight excluding hydrogens is 276 g/mol. The van der Waals surface area contributed by atoms with Gasteiger partial charge in [0.05, 0.1) is 11.4 Å². The van der Waals surface area contributed by atoms with Gasteiger partial charge in [0.2, 0.25) is 0 Å². The molecule has 20 heavy (non-hydrogen) atoms. The SMILES string of the molecule is CCCCCS(=O)(=O)OC1CCCC2CCCCC21O. The predicted molar refractivity (Wildman–Crippen MR) is 78.9 cm³/mol. The standard InChI is InChI=1S/C15H28O4S/c1-2-3-6-12-20(17,18)19-14-10-7-9-13-8-4-5-11-15(13,14)16/h13-14,16H,2-12H2,1H3. The zero-order chi connectivity index (χ0) is 14.6. The molecule has 3 atom stereocenters. The van der Waals surface area contributed by atoms with Crippen LogP contribution in [0.2, 0.25) is 0 Å². The Balaban J connectivity index is 1.99. The van der Waals surface area contributed by atoms with Crippen molar-refractivity contribution in [2.45, 2.75) is 82.8 Å². The minimum Gasteiger partial charge on any atom is -0.387 e. The van der Waals surface area contributed by atoms with Gasteiger partial charge < -0.3 is 5.11 Å². The third-order valence-electron chi connectivity index (χ3n) is 4.92. The molecule has 5 heteroatoms. The quantitative estimate of drug-likeness (QED) is 0.605. The number of hydrogen-bond donors (Lipinski definition) is 1. The lowest BCUT2D eigenvalue weighted by molar-refractivity contribution is -0.142. The van der Waals surface area contributed by atoms with Crippen LogP contribution in [0.15, 0.2) is 0 Å². The molecule has 1 N–H and O–H groups in total. The Morgan fingerprint density at radius 2 is 1.90 bits per heavy atom. The van der Waals surface area contributed by atoms with Crippen LogP contribution in [0, 0.1) is 5.92 Å². The van der Waals surface area contributed by atoms with Crippen LogP contribution in [0.25, 0.3) is 0 Å². The number of aliphatic hydroxyl groups is 1. The van der Waals surface area contributed by atoms with E-state index in [4.69, 9.17) is 4.18 Å². The maximum absolute atomic E-state index is 12.1. The summed E-state index contributed by atoms with van der Waals surface area (Å²) < 4.78 is 29.5. The first-order valence-corrected chi connectivity index (χ1v) is 9.69. The molecule has 0 radical (unpaired) electrons. The molecule has 2 aliphatic rings. The highest BCUT2D eigenvalue weighted by Gasteiger charge is 2.49. The highest BCUT2D eigenvalue weighted by Crippen LogP contribution is 2.45. The predicted octanol–water partition coefficient (Wildman–Crippen LogP) is 3.00. The van der Waals surface area contributed by atoms with E-state index in [1.807, 2.05) is 6.92 Å². The van der Waals surface area contributed by atoms with Gasteiger partial charge in [0.1, 0.15) is 6.10 Å². The molecule has 2 saturated carbocycles. The molecule has 0 bridgehead atoms. The van der Waals surface area contributed by atoms with Crippen LogP contribution in [0.1, 0.15) is 71.1 Å². The average molecular weight is 304 g/mol. The normalized spacial score (nSPS) is 34.7. The Kier molecular flexibility index (Phi) is 5.49. The first-order valence-electron chi connectivity index (χ1n) is 8.11. The molecule has 2 aliphatic carbocycles. The van der Waals surface area contributed by atoms with Gasteiger partial charge in [-0.2, -0.15) is 8.42 Å². The molecule has 0 spiro atoms. The van der Waals surface area contributed by atoms with E-state index in [2.05, 4.69) is 0 Å². The van der Waals surface area contributed by atoms with E-state index in [1.54, 1.807) is 0 Å². The number of unbranched alkanes of at least 4 members (excludes halogenated alkanes) is 2. The van der Waals surface area contributed by atoms with Crippen LogP contribution < -0.4 is 0 Å². The summed E-state index contributed by atoms with van der Waals surface area (Å²) in [4.78, 5) is 0. The molecule has 0 aromatic rings. The summed E-state index contributed by atoms with van der Waals surface area (Å²) >= 11 is 0. The fraction of sp³-hybridized carbons (Fsp3) is 1.00. The number of hydrogen-bond acceptors (Lipinski definition) is 4. The van der Waals surface area contributed by atoms with Crippen LogP contribution in [0.5, 0.6) is 0 Å². The van der Waals surface area contributed by atoms with Gasteiger partial charge in [-0.1, -0.05) is 39.0 Å². The van der Waals surface area contributed by atoms with Crippen molar-refractivity contribution < 1.29 is 17.7 Å². The summed E-state index contributed by atoms with van der Waals surface area (Å²) in [5, 5.41) is 10.9. The van der Waals surface area contributed by atoms with Gasteiger partial charge in [0.15, 0.2) is 0 Å². The third kappa shape index (κ3) is 3.74. The molecule has 118 valence electrons. The zero-order valence-electron chi connectivity index (χ0n) is 12.5. The Morgan fingerprint density at radius 1 is 1.15 bits per heavy atom. The second kappa shape index (κ2) is 6.75. The van der Waals surface area contributed by atoms with Gasteiger partial charge in [-0.05, 0) is 38.0 Å². The average Bonchev–Trinajstić information content (AvgIpc) is 2.39. The van der Waals surface area contributed by atoms with E-state index in [0.29, 0.717) is 19.3 Å². The molecule has 2 fully saturated rings. The van der Waals surface area contributed by atoms with Gasteiger partial charge in [-0.15, -0.1) is 0 Å². The van der Waals surface area contributed by atoms with Crippen molar-refractivity contribution in [3.8, 4) is 0 Å². The number of rotatable bonds is 6. The summed E-state index contributed by atoms with van der Waals surface area (Å²) in [5.74, 6) is 0.304. The van der Waals surface area contributed by atoms with Gasteiger partial charge in [-0.25, -0.2) is 0 Å². The van der Waals surface area contributed by atoms with Crippen molar-refractivity contribution in [2.75, 3.05) is 5.75 Å². The fourth-order valence-corrected chi connectivity index (χ4v) is 5.03. The minimum absolute atomic E-state index is 0.0814. The molecule has 0 aromatic heterocycles. The molecule has 3 unspecified atom stereocenters. The van der Waals surface area contributed by atoms with Crippen LogP contribution in [0.3, 0.4) is 0 Å². The van der Waals surface area contributed by atoms with E-state index in [-0.39, 0.29) is 11.7 Å². The van der Waals surface area contributed by atoms with Crippen LogP contribution in [-0.4, -0.2) is 31.0 Å². The first kappa shape index (κ1) is 16.2. The molecule has 0 amide bonds. The van der Waals surface area contributed by atoms with E-state index < -0.39 is 21.8 Å². The molecule has 2 rings (SSSR count). The topological polar surface area (TPSA) is 63.6 Å². The van der Waals surface area contributed by atoms with Crippen molar-refractivity contribution in [3.05, 3.63) is 0 Å². The largest absolute Gasteiger partial charge is 0.387 e. The lowest BCUT2D eigenvalue weighted by Crippen LogP contribution is -2.54. The second-order valence-corrected chi connectivity index (χ2v) is 8.13. The Bertz CT molecular complexity index is 404. The fourth-order valence-electron chi connectivity index (χ4n) is 3.76. The highest BCUT2D eigenvalue weighted by molar-refractivity contribution is 7.86. The molecule has 0 heterocycles. The number of fused-ring (bicyclic) bond motifs is 1.